The molecule has 0 amide bonds. The quantitative estimate of drug-likeness (QED) is 0.655. The number of nitrogens with zero attached hydrogens (tertiary/aromatic N) is 3. The zero-order valence-electron chi connectivity index (χ0n) is 16.5. The fraction of sp³-hybridized carbons (Fsp3) is 0.455. The number of aromatic amines is 1. The van der Waals surface area contributed by atoms with E-state index < -0.39 is 0 Å². The topological polar surface area (TPSA) is 46.5 Å². The van der Waals surface area contributed by atoms with Gasteiger partial charge >= 0.3 is 0 Å². The smallest absolute Gasteiger partial charge is 0.115 e. The van der Waals surface area contributed by atoms with E-state index in [1.807, 2.05) is 12.4 Å². The van der Waals surface area contributed by atoms with E-state index in [4.69, 9.17) is 0 Å². The Hall–Kier alpha value is -2.36. The minimum atomic E-state index is 0.402. The highest BCUT2D eigenvalue weighted by Crippen LogP contribution is 2.26. The summed E-state index contributed by atoms with van der Waals surface area (Å²) < 4.78 is 2.27. The van der Waals surface area contributed by atoms with Crippen molar-refractivity contribution in [2.45, 2.75) is 58.3 Å². The third kappa shape index (κ3) is 4.24. The highest BCUT2D eigenvalue weighted by atomic mass is 14.9. The largest absolute Gasteiger partial charge is 0.365 e. The summed E-state index contributed by atoms with van der Waals surface area (Å²) in [6.45, 7) is 9.03. The van der Waals surface area contributed by atoms with Crippen molar-refractivity contribution in [3.05, 3.63) is 71.3 Å². The lowest BCUT2D eigenvalue weighted by atomic mass is 9.95. The van der Waals surface area contributed by atoms with Gasteiger partial charge in [-0.3, -0.25) is 0 Å². The first-order chi connectivity index (χ1) is 12.4. The summed E-state index contributed by atoms with van der Waals surface area (Å²) in [6, 6.07) is 4.67. The van der Waals surface area contributed by atoms with Gasteiger partial charge in [0.1, 0.15) is 6.33 Å². The van der Waals surface area contributed by atoms with Gasteiger partial charge in [-0.2, -0.15) is 0 Å². The lowest BCUT2D eigenvalue weighted by Crippen LogP contribution is -2.02. The van der Waals surface area contributed by atoms with Crippen LogP contribution in [-0.4, -0.2) is 19.5 Å². The molecular weight excluding hydrogens is 320 g/mol. The van der Waals surface area contributed by atoms with Crippen molar-refractivity contribution in [3.8, 4) is 0 Å². The second-order valence-corrected chi connectivity index (χ2v) is 7.87. The Morgan fingerprint density at radius 3 is 2.27 bits per heavy atom. The van der Waals surface area contributed by atoms with Crippen molar-refractivity contribution < 1.29 is 0 Å². The lowest BCUT2D eigenvalue weighted by molar-refractivity contribution is 0.703. The van der Waals surface area contributed by atoms with E-state index in [9.17, 15) is 0 Å². The van der Waals surface area contributed by atoms with E-state index in [-0.39, 0.29) is 0 Å². The first kappa shape index (κ1) is 18.4. The van der Waals surface area contributed by atoms with Crippen LogP contribution in [0.1, 0.15) is 73.5 Å². The van der Waals surface area contributed by atoms with Crippen LogP contribution in [0.15, 0.2) is 43.2 Å². The second kappa shape index (κ2) is 7.90. The average molecular weight is 351 g/mol. The van der Waals surface area contributed by atoms with Gasteiger partial charge in [0.15, 0.2) is 0 Å². The highest BCUT2D eigenvalue weighted by molar-refractivity contribution is 5.27. The molecule has 0 aliphatic rings. The molecule has 0 spiro atoms. The molecule has 0 saturated heterocycles. The van der Waals surface area contributed by atoms with Crippen molar-refractivity contribution in [2.75, 3.05) is 0 Å². The number of H-pyrrole nitrogens is 1. The van der Waals surface area contributed by atoms with Gasteiger partial charge in [-0.1, -0.05) is 27.7 Å². The number of aromatic nitrogens is 4. The predicted molar refractivity (Wildman–Crippen MR) is 107 cm³/mol. The van der Waals surface area contributed by atoms with Gasteiger partial charge in [-0.05, 0) is 59.4 Å². The van der Waals surface area contributed by atoms with Gasteiger partial charge in [0, 0.05) is 43.2 Å². The molecule has 0 saturated carbocycles. The van der Waals surface area contributed by atoms with Crippen LogP contribution in [0.2, 0.25) is 0 Å². The number of hydrogen-bond donors (Lipinski definition) is 1. The first-order valence-electron chi connectivity index (χ1n) is 9.51. The molecule has 0 aromatic carbocycles. The maximum Gasteiger partial charge on any atom is 0.115 e. The average Bonchev–Trinajstić information content (AvgIpc) is 3.23. The van der Waals surface area contributed by atoms with Crippen LogP contribution in [0, 0.1) is 0 Å². The highest BCUT2D eigenvalue weighted by Gasteiger charge is 2.14. The molecule has 138 valence electrons. The summed E-state index contributed by atoms with van der Waals surface area (Å²) in [7, 11) is 2.15. The summed E-state index contributed by atoms with van der Waals surface area (Å²) in [4.78, 5) is 11.7. The number of hydrogen-bond acceptors (Lipinski definition) is 2. The summed E-state index contributed by atoms with van der Waals surface area (Å²) in [5.74, 6) is 1.47. The van der Waals surface area contributed by atoms with Gasteiger partial charge in [0.2, 0.25) is 0 Å². The fourth-order valence-corrected chi connectivity index (χ4v) is 3.46. The second-order valence-electron chi connectivity index (χ2n) is 7.87. The molecule has 4 nitrogen and oxygen atoms in total. The maximum atomic E-state index is 4.13. The van der Waals surface area contributed by atoms with E-state index in [1.54, 1.807) is 6.33 Å². The van der Waals surface area contributed by atoms with Crippen molar-refractivity contribution >= 4 is 0 Å². The summed E-state index contributed by atoms with van der Waals surface area (Å²) in [6.07, 6.45) is 11.9. The molecule has 3 aromatic rings. The van der Waals surface area contributed by atoms with E-state index in [0.29, 0.717) is 17.8 Å². The molecule has 0 aliphatic heterocycles. The Morgan fingerprint density at radius 1 is 0.923 bits per heavy atom. The lowest BCUT2D eigenvalue weighted by Gasteiger charge is -2.11. The van der Waals surface area contributed by atoms with Crippen molar-refractivity contribution in [1.82, 2.24) is 19.5 Å². The molecule has 3 heterocycles. The Morgan fingerprint density at radius 2 is 1.62 bits per heavy atom. The normalized spacial score (nSPS) is 13.9. The Kier molecular flexibility index (Phi) is 5.60. The van der Waals surface area contributed by atoms with Crippen LogP contribution in [-0.2, 0) is 19.9 Å². The minimum Gasteiger partial charge on any atom is -0.365 e. The number of nitrogens with one attached hydrogen (secondary N) is 1. The van der Waals surface area contributed by atoms with E-state index in [2.05, 4.69) is 78.8 Å². The Bertz CT molecular complexity index is 829. The Balaban J connectivity index is 1.65. The standard InChI is InChI=1S/C22H30N4/c1-15(2)19-9-22(26(5)13-19)7-17(4)18-8-21(25-12-18)6-16(3)20-10-23-14-24-11-20/h8-17,25H,6-7H2,1-5H3. The predicted octanol–water partition coefficient (Wildman–Crippen LogP) is 4.96. The van der Waals surface area contributed by atoms with Crippen molar-refractivity contribution in [3.63, 3.8) is 0 Å². The number of aryl methyl sites for hydroxylation is 1. The number of rotatable bonds is 7. The molecule has 4 heteroatoms. The zero-order chi connectivity index (χ0) is 18.7. The van der Waals surface area contributed by atoms with Crippen LogP contribution >= 0.6 is 0 Å². The van der Waals surface area contributed by atoms with Gasteiger partial charge in [0.25, 0.3) is 0 Å². The van der Waals surface area contributed by atoms with Gasteiger partial charge in [-0.15, -0.1) is 0 Å². The SMILES string of the molecule is CC(C)c1cc(CC(C)c2c[nH]c(CC(C)c3cncnc3)c2)n(C)c1. The molecule has 0 radical (unpaired) electrons. The van der Waals surface area contributed by atoms with Gasteiger partial charge < -0.3 is 9.55 Å². The van der Waals surface area contributed by atoms with Crippen LogP contribution in [0.25, 0.3) is 0 Å². The van der Waals surface area contributed by atoms with E-state index in [0.717, 1.165) is 12.8 Å². The fourth-order valence-electron chi connectivity index (χ4n) is 3.46. The van der Waals surface area contributed by atoms with E-state index >= 15 is 0 Å². The van der Waals surface area contributed by atoms with Crippen LogP contribution in [0.3, 0.4) is 0 Å². The molecule has 0 aliphatic carbocycles. The zero-order valence-corrected chi connectivity index (χ0v) is 16.5. The van der Waals surface area contributed by atoms with E-state index in [1.165, 1.54) is 28.1 Å². The van der Waals surface area contributed by atoms with Crippen LogP contribution < -0.4 is 0 Å². The van der Waals surface area contributed by atoms with Crippen LogP contribution in [0.4, 0.5) is 0 Å². The molecule has 2 atom stereocenters. The molecule has 26 heavy (non-hydrogen) atoms. The summed E-state index contributed by atoms with van der Waals surface area (Å²) in [5.41, 5.74) is 6.66. The van der Waals surface area contributed by atoms with Crippen LogP contribution in [0.5, 0.6) is 0 Å². The third-order valence-corrected chi connectivity index (χ3v) is 5.32. The van der Waals surface area contributed by atoms with Gasteiger partial charge in [0.05, 0.1) is 0 Å². The Labute approximate surface area is 156 Å². The molecular formula is C22H30N4. The minimum absolute atomic E-state index is 0.402. The molecule has 0 fully saturated rings. The molecule has 1 N–H and O–H groups in total. The molecule has 3 rings (SSSR count). The molecule has 0 bridgehead atoms. The first-order valence-corrected chi connectivity index (χ1v) is 9.51. The van der Waals surface area contributed by atoms with Crippen molar-refractivity contribution in [2.24, 2.45) is 7.05 Å². The monoisotopic (exact) mass is 350 g/mol. The molecule has 3 aromatic heterocycles. The third-order valence-electron chi connectivity index (χ3n) is 5.32. The summed E-state index contributed by atoms with van der Waals surface area (Å²) in [5, 5.41) is 0. The van der Waals surface area contributed by atoms with Crippen molar-refractivity contribution in [1.29, 1.82) is 0 Å². The maximum absolute atomic E-state index is 4.13. The van der Waals surface area contributed by atoms with Gasteiger partial charge in [-0.25, -0.2) is 9.97 Å². The summed E-state index contributed by atoms with van der Waals surface area (Å²) >= 11 is 0. The molecule has 2 unspecified atom stereocenters.